The predicted molar refractivity (Wildman–Crippen MR) is 85.2 cm³/mol. The van der Waals surface area contributed by atoms with E-state index in [1.54, 1.807) is 13.1 Å². The van der Waals surface area contributed by atoms with Gasteiger partial charge in [-0.1, -0.05) is 30.3 Å². The number of benzene rings is 2. The number of hydrogen-bond donors (Lipinski definition) is 0. The van der Waals surface area contributed by atoms with Crippen LogP contribution in [0.15, 0.2) is 41.4 Å². The summed E-state index contributed by atoms with van der Waals surface area (Å²) in [5.41, 5.74) is 0.902. The van der Waals surface area contributed by atoms with Crippen molar-refractivity contribution in [2.24, 2.45) is 4.99 Å². The molecule has 108 valence electrons. The van der Waals surface area contributed by atoms with Crippen LogP contribution in [0.5, 0.6) is 5.75 Å². The molecule has 0 saturated heterocycles. The second-order valence-electron chi connectivity index (χ2n) is 5.58. The van der Waals surface area contributed by atoms with Crippen molar-refractivity contribution in [2.45, 2.75) is 26.1 Å². The van der Waals surface area contributed by atoms with Crippen LogP contribution in [0.3, 0.4) is 0 Å². The molecule has 0 aliphatic carbocycles. The van der Waals surface area contributed by atoms with Crippen LogP contribution in [0.4, 0.5) is 0 Å². The summed E-state index contributed by atoms with van der Waals surface area (Å²) in [6.07, 6.45) is 1.72. The van der Waals surface area contributed by atoms with E-state index in [1.807, 2.05) is 49.5 Å². The molecule has 0 amide bonds. The molecule has 2 aromatic rings. The quantitative estimate of drug-likeness (QED) is 0.701. The minimum atomic E-state index is -2.58. The van der Waals surface area contributed by atoms with Gasteiger partial charge in [-0.05, 0) is 23.8 Å². The summed E-state index contributed by atoms with van der Waals surface area (Å²) in [5, 5.41) is 2.18. The summed E-state index contributed by atoms with van der Waals surface area (Å²) in [6, 6.07) is 11.5. The van der Waals surface area contributed by atoms with E-state index in [2.05, 4.69) is 4.99 Å². The Morgan fingerprint density at radius 2 is 1.86 bits per heavy atom. The number of aliphatic imine (C=N–C) groups is 1. The third kappa shape index (κ3) is 2.69. The first-order chi connectivity index (χ1) is 9.96. The maximum Gasteiger partial charge on any atom is 0.456 e. The number of fused-ring (bicyclic) bond motifs is 3. The zero-order chi connectivity index (χ0) is 15.0. The highest BCUT2D eigenvalue weighted by Crippen LogP contribution is 2.29. The van der Waals surface area contributed by atoms with Crippen molar-refractivity contribution in [2.75, 3.05) is 0 Å². The lowest BCUT2D eigenvalue weighted by atomic mass is 10.0. The lowest BCUT2D eigenvalue weighted by Gasteiger charge is -2.24. The minimum Gasteiger partial charge on any atom is -0.511 e. The highest BCUT2D eigenvalue weighted by molar-refractivity contribution is 6.67. The fourth-order valence-corrected chi connectivity index (χ4v) is 3.76. The Morgan fingerprint density at radius 3 is 2.67 bits per heavy atom. The highest BCUT2D eigenvalue weighted by Gasteiger charge is 2.34. The Labute approximate surface area is 124 Å². The van der Waals surface area contributed by atoms with Gasteiger partial charge in [0.05, 0.1) is 0 Å². The van der Waals surface area contributed by atoms with Gasteiger partial charge in [0.25, 0.3) is 0 Å². The summed E-state index contributed by atoms with van der Waals surface area (Å²) in [5.74, 6) is 0.385. The van der Waals surface area contributed by atoms with Gasteiger partial charge >= 0.3 is 14.5 Å². The molecular formula is C16H17NO3Si. The van der Waals surface area contributed by atoms with Gasteiger partial charge in [-0.2, -0.15) is 0 Å². The van der Waals surface area contributed by atoms with Gasteiger partial charge in [0.2, 0.25) is 0 Å². The molecule has 4 nitrogen and oxygen atoms in total. The van der Waals surface area contributed by atoms with Gasteiger partial charge in [-0.15, -0.1) is 0 Å². The van der Waals surface area contributed by atoms with E-state index in [9.17, 15) is 4.79 Å². The van der Waals surface area contributed by atoms with Crippen LogP contribution in [-0.4, -0.2) is 26.8 Å². The van der Waals surface area contributed by atoms with Crippen molar-refractivity contribution in [3.8, 4) is 5.75 Å². The van der Waals surface area contributed by atoms with Gasteiger partial charge in [0, 0.05) is 24.9 Å². The SMILES string of the molecule is CC1N=Cc2c(ccc3ccccc23)O[Si](C)(C)OC1=O. The number of carbonyl (C=O) groups excluding carboxylic acids is 1. The largest absolute Gasteiger partial charge is 0.511 e. The van der Waals surface area contributed by atoms with Crippen molar-refractivity contribution in [1.82, 2.24) is 0 Å². The summed E-state index contributed by atoms with van der Waals surface area (Å²) >= 11 is 0. The van der Waals surface area contributed by atoms with Crippen LogP contribution >= 0.6 is 0 Å². The molecule has 5 heteroatoms. The summed E-state index contributed by atoms with van der Waals surface area (Å²) in [7, 11) is -2.58. The summed E-state index contributed by atoms with van der Waals surface area (Å²) in [6.45, 7) is 5.46. The fourth-order valence-electron chi connectivity index (χ4n) is 2.36. The lowest BCUT2D eigenvalue weighted by Crippen LogP contribution is -2.42. The average molecular weight is 299 g/mol. The molecule has 21 heavy (non-hydrogen) atoms. The molecule has 1 aliphatic heterocycles. The zero-order valence-corrected chi connectivity index (χ0v) is 13.3. The zero-order valence-electron chi connectivity index (χ0n) is 12.3. The van der Waals surface area contributed by atoms with Gasteiger partial charge in [-0.3, -0.25) is 9.79 Å². The van der Waals surface area contributed by atoms with Gasteiger partial charge in [0.1, 0.15) is 11.8 Å². The van der Waals surface area contributed by atoms with Gasteiger partial charge in [-0.25, -0.2) is 0 Å². The molecule has 1 unspecified atom stereocenters. The molecule has 1 aliphatic rings. The van der Waals surface area contributed by atoms with Crippen LogP contribution in [0.2, 0.25) is 13.1 Å². The lowest BCUT2D eigenvalue weighted by molar-refractivity contribution is -0.136. The Bertz CT molecular complexity index is 739. The average Bonchev–Trinajstić information content (AvgIpc) is 2.47. The first-order valence-electron chi connectivity index (χ1n) is 6.93. The summed E-state index contributed by atoms with van der Waals surface area (Å²) < 4.78 is 11.5. The van der Waals surface area contributed by atoms with Crippen LogP contribution < -0.4 is 4.43 Å². The Morgan fingerprint density at radius 1 is 1.10 bits per heavy atom. The molecule has 2 aromatic carbocycles. The third-order valence-electron chi connectivity index (χ3n) is 3.40. The molecule has 0 radical (unpaired) electrons. The topological polar surface area (TPSA) is 47.9 Å². The van der Waals surface area contributed by atoms with Crippen molar-refractivity contribution in [1.29, 1.82) is 0 Å². The van der Waals surface area contributed by atoms with E-state index >= 15 is 0 Å². The van der Waals surface area contributed by atoms with Crippen molar-refractivity contribution < 1.29 is 13.6 Å². The molecule has 0 N–H and O–H groups in total. The molecular weight excluding hydrogens is 282 g/mol. The van der Waals surface area contributed by atoms with Crippen LogP contribution in [-0.2, 0) is 9.22 Å². The van der Waals surface area contributed by atoms with E-state index in [1.165, 1.54) is 0 Å². The standard InChI is InChI=1S/C16H17NO3Si/c1-11-16(18)20-21(2,3)19-15-9-8-12-6-4-5-7-13(12)14(15)10-17-11/h4-11H,1-3H3. The van der Waals surface area contributed by atoms with Gasteiger partial charge in [0.15, 0.2) is 0 Å². The van der Waals surface area contributed by atoms with E-state index < -0.39 is 14.6 Å². The monoisotopic (exact) mass is 299 g/mol. The van der Waals surface area contributed by atoms with Gasteiger partial charge < -0.3 is 8.85 Å². The van der Waals surface area contributed by atoms with E-state index in [0.29, 0.717) is 0 Å². The maximum atomic E-state index is 12.0. The molecule has 0 bridgehead atoms. The molecule has 0 fully saturated rings. The van der Waals surface area contributed by atoms with Crippen LogP contribution in [0, 0.1) is 0 Å². The van der Waals surface area contributed by atoms with E-state index in [4.69, 9.17) is 8.85 Å². The Hall–Kier alpha value is -2.14. The second-order valence-corrected chi connectivity index (χ2v) is 8.78. The Balaban J connectivity index is 2.22. The molecule has 1 heterocycles. The number of rotatable bonds is 0. The Kier molecular flexibility index (Phi) is 3.29. The fraction of sp³-hybridized carbons (Fsp3) is 0.250. The first-order valence-corrected chi connectivity index (χ1v) is 9.75. The minimum absolute atomic E-state index is 0.333. The highest BCUT2D eigenvalue weighted by atomic mass is 28.4. The molecule has 0 spiro atoms. The van der Waals surface area contributed by atoms with E-state index in [-0.39, 0.29) is 5.97 Å². The summed E-state index contributed by atoms with van der Waals surface area (Å²) in [4.78, 5) is 16.3. The van der Waals surface area contributed by atoms with Crippen molar-refractivity contribution in [3.05, 3.63) is 42.0 Å². The number of hydrogen-bond acceptors (Lipinski definition) is 4. The molecule has 0 aromatic heterocycles. The number of nitrogens with zero attached hydrogens (tertiary/aromatic N) is 1. The maximum absolute atomic E-state index is 12.0. The molecule has 1 atom stereocenters. The van der Waals surface area contributed by atoms with Crippen molar-refractivity contribution in [3.63, 3.8) is 0 Å². The van der Waals surface area contributed by atoms with Crippen LogP contribution in [0.1, 0.15) is 12.5 Å². The first kappa shape index (κ1) is 13.8. The number of carbonyl (C=O) groups is 1. The molecule has 0 saturated carbocycles. The smallest absolute Gasteiger partial charge is 0.456 e. The second kappa shape index (κ2) is 5.00. The predicted octanol–water partition coefficient (Wildman–Crippen LogP) is 3.28. The van der Waals surface area contributed by atoms with Crippen molar-refractivity contribution >= 4 is 31.5 Å². The van der Waals surface area contributed by atoms with Crippen LogP contribution in [0.25, 0.3) is 10.8 Å². The normalized spacial score (nSPS) is 20.7. The third-order valence-corrected chi connectivity index (χ3v) is 4.81. The molecule has 3 rings (SSSR count). The van der Waals surface area contributed by atoms with E-state index in [0.717, 1.165) is 22.1 Å².